The number of hydrogen-bond donors (Lipinski definition) is 3. The minimum absolute atomic E-state index is 0.0314. The molecule has 0 radical (unpaired) electrons. The highest BCUT2D eigenvalue weighted by Gasteiger charge is 2.18. The van der Waals surface area contributed by atoms with Gasteiger partial charge in [0.2, 0.25) is 11.8 Å². The number of nitrogens with one attached hydrogen (secondary N) is 2. The Morgan fingerprint density at radius 3 is 2.47 bits per heavy atom. The Labute approximate surface area is 212 Å². The number of aromatic nitrogens is 2. The number of nitrogens with zero attached hydrogens (tertiary/aromatic N) is 2. The number of halogens is 1. The lowest BCUT2D eigenvalue weighted by Gasteiger charge is -2.20. The van der Waals surface area contributed by atoms with Crippen LogP contribution in [0.3, 0.4) is 0 Å². The number of anilines is 3. The first-order chi connectivity index (χ1) is 17.1. The highest BCUT2D eigenvalue weighted by Crippen LogP contribution is 2.34. The average Bonchev–Trinajstić information content (AvgIpc) is 2.79. The molecule has 0 aliphatic heterocycles. The molecule has 0 fully saturated rings. The van der Waals surface area contributed by atoms with Crippen molar-refractivity contribution in [3.05, 3.63) is 77.4 Å². The Hall–Kier alpha value is -4.37. The summed E-state index contributed by atoms with van der Waals surface area (Å²) in [6.07, 6.45) is 0.952. The van der Waals surface area contributed by atoms with Gasteiger partial charge in [-0.3, -0.25) is 5.32 Å². The number of amides is 1. The van der Waals surface area contributed by atoms with Gasteiger partial charge in [-0.25, -0.2) is 14.6 Å². The lowest BCUT2D eigenvalue weighted by molar-refractivity contribution is 0.0634. The fourth-order valence-electron chi connectivity index (χ4n) is 3.37. The maximum absolute atomic E-state index is 12.3. The van der Waals surface area contributed by atoms with Gasteiger partial charge < -0.3 is 19.9 Å². The second-order valence-corrected chi connectivity index (χ2v) is 9.20. The minimum Gasteiger partial charge on any atom is -0.478 e. The molecule has 3 aromatic carbocycles. The fourth-order valence-corrected chi connectivity index (χ4v) is 3.60. The molecule has 9 nitrogen and oxygen atoms in total. The van der Waals surface area contributed by atoms with Crippen LogP contribution in [-0.2, 0) is 4.74 Å². The molecule has 0 atom stereocenters. The van der Waals surface area contributed by atoms with E-state index in [0.29, 0.717) is 17.1 Å². The van der Waals surface area contributed by atoms with Gasteiger partial charge in [-0.15, -0.1) is 0 Å². The van der Waals surface area contributed by atoms with Crippen LogP contribution in [0.2, 0.25) is 5.02 Å². The van der Waals surface area contributed by atoms with E-state index in [1.54, 1.807) is 45.0 Å². The van der Waals surface area contributed by atoms with Crippen LogP contribution in [0.15, 0.2) is 66.9 Å². The summed E-state index contributed by atoms with van der Waals surface area (Å²) in [5.41, 5.74) is 0.401. The van der Waals surface area contributed by atoms with E-state index in [4.69, 9.17) is 21.1 Å². The predicted octanol–water partition coefficient (Wildman–Crippen LogP) is 6.86. The number of fused-ring (bicyclic) bond motifs is 1. The largest absolute Gasteiger partial charge is 0.478 e. The zero-order chi connectivity index (χ0) is 25.9. The molecule has 4 aromatic rings. The van der Waals surface area contributed by atoms with Crippen LogP contribution in [0, 0.1) is 0 Å². The summed E-state index contributed by atoms with van der Waals surface area (Å²) >= 11 is 6.03. The third kappa shape index (κ3) is 6.19. The van der Waals surface area contributed by atoms with Gasteiger partial charge in [0.15, 0.2) is 0 Å². The SMILES string of the molecule is CC(C)(C)OC(=O)Nc1ccc(Oc2ccnc(Nc3cc(Cl)cc(C(=O)O)c3)n2)c2ccccc12. The summed E-state index contributed by atoms with van der Waals surface area (Å²) in [4.78, 5) is 32.1. The highest BCUT2D eigenvalue weighted by atomic mass is 35.5. The number of hydrogen-bond acceptors (Lipinski definition) is 7. The number of ether oxygens (including phenoxy) is 2. The third-order valence-corrected chi connectivity index (χ3v) is 4.98. The number of carboxylic acids is 1. The molecular weight excluding hydrogens is 484 g/mol. The van der Waals surface area contributed by atoms with Gasteiger partial charge in [-0.1, -0.05) is 35.9 Å². The molecule has 0 aliphatic rings. The van der Waals surface area contributed by atoms with Gasteiger partial charge in [-0.05, 0) is 51.1 Å². The maximum Gasteiger partial charge on any atom is 0.412 e. The fraction of sp³-hybridized carbons (Fsp3) is 0.154. The van der Waals surface area contributed by atoms with E-state index in [-0.39, 0.29) is 22.4 Å². The van der Waals surface area contributed by atoms with Gasteiger partial charge >= 0.3 is 12.1 Å². The normalized spacial score (nSPS) is 11.1. The zero-order valence-corrected chi connectivity index (χ0v) is 20.5. The molecule has 1 heterocycles. The number of carbonyl (C=O) groups excluding carboxylic acids is 1. The van der Waals surface area contributed by atoms with E-state index in [0.717, 1.165) is 10.8 Å². The molecule has 4 rings (SSSR count). The lowest BCUT2D eigenvalue weighted by atomic mass is 10.1. The number of benzene rings is 3. The van der Waals surface area contributed by atoms with Crippen molar-refractivity contribution < 1.29 is 24.2 Å². The average molecular weight is 507 g/mol. The quantitative estimate of drug-likeness (QED) is 0.259. The molecule has 1 amide bonds. The number of aromatic carboxylic acids is 1. The van der Waals surface area contributed by atoms with Gasteiger partial charge in [-0.2, -0.15) is 4.98 Å². The Bertz CT molecular complexity index is 1450. The van der Waals surface area contributed by atoms with Crippen LogP contribution in [0.25, 0.3) is 10.8 Å². The van der Waals surface area contributed by atoms with Crippen LogP contribution in [0.1, 0.15) is 31.1 Å². The molecule has 1 aromatic heterocycles. The summed E-state index contributed by atoms with van der Waals surface area (Å²) < 4.78 is 11.4. The van der Waals surface area contributed by atoms with E-state index in [1.165, 1.54) is 18.3 Å². The first-order valence-electron chi connectivity index (χ1n) is 10.9. The van der Waals surface area contributed by atoms with Crippen molar-refractivity contribution in [3.63, 3.8) is 0 Å². The van der Waals surface area contributed by atoms with Gasteiger partial charge in [0.25, 0.3) is 0 Å². The molecule has 36 heavy (non-hydrogen) atoms. The van der Waals surface area contributed by atoms with E-state index < -0.39 is 17.7 Å². The monoisotopic (exact) mass is 506 g/mol. The van der Waals surface area contributed by atoms with Crippen molar-refractivity contribution >= 4 is 51.8 Å². The minimum atomic E-state index is -1.10. The number of rotatable bonds is 6. The van der Waals surface area contributed by atoms with Crippen LogP contribution < -0.4 is 15.4 Å². The van der Waals surface area contributed by atoms with E-state index in [1.807, 2.05) is 24.3 Å². The standard InChI is InChI=1S/C26H23ClN4O5/c1-26(2,3)36-25(34)30-20-8-9-21(19-7-5-4-6-18(19)20)35-22-10-11-28-24(31-22)29-17-13-15(23(32)33)12-16(27)14-17/h4-14H,1-3H3,(H,30,34)(H,32,33)(H,28,29,31). The Morgan fingerprint density at radius 1 is 1.00 bits per heavy atom. The summed E-state index contributed by atoms with van der Waals surface area (Å²) in [6.45, 7) is 5.39. The molecule has 0 saturated carbocycles. The van der Waals surface area contributed by atoms with Crippen LogP contribution in [0.5, 0.6) is 11.6 Å². The van der Waals surface area contributed by atoms with Crippen LogP contribution in [0.4, 0.5) is 22.1 Å². The number of carbonyl (C=O) groups is 2. The van der Waals surface area contributed by atoms with Crippen LogP contribution in [-0.4, -0.2) is 32.7 Å². The highest BCUT2D eigenvalue weighted by molar-refractivity contribution is 6.31. The summed E-state index contributed by atoms with van der Waals surface area (Å²) in [5, 5.41) is 16.7. The Morgan fingerprint density at radius 2 is 1.75 bits per heavy atom. The Kier molecular flexibility index (Phi) is 6.93. The third-order valence-electron chi connectivity index (χ3n) is 4.77. The molecule has 0 unspecified atom stereocenters. The van der Waals surface area contributed by atoms with Crippen molar-refractivity contribution in [2.45, 2.75) is 26.4 Å². The maximum atomic E-state index is 12.3. The molecule has 3 N–H and O–H groups in total. The summed E-state index contributed by atoms with van der Waals surface area (Å²) in [5.74, 6) is -0.138. The smallest absolute Gasteiger partial charge is 0.412 e. The second kappa shape index (κ2) is 10.1. The molecule has 0 spiro atoms. The molecule has 0 saturated heterocycles. The first-order valence-corrected chi connectivity index (χ1v) is 11.3. The molecule has 184 valence electrons. The van der Waals surface area contributed by atoms with Crippen molar-refractivity contribution in [2.24, 2.45) is 0 Å². The first kappa shape index (κ1) is 24.7. The summed E-state index contributed by atoms with van der Waals surface area (Å²) in [7, 11) is 0. The van der Waals surface area contributed by atoms with E-state index in [2.05, 4.69) is 20.6 Å². The van der Waals surface area contributed by atoms with E-state index in [9.17, 15) is 14.7 Å². The molecule has 10 heteroatoms. The second-order valence-electron chi connectivity index (χ2n) is 8.76. The van der Waals surface area contributed by atoms with Gasteiger partial charge in [0, 0.05) is 33.7 Å². The summed E-state index contributed by atoms with van der Waals surface area (Å²) in [6, 6.07) is 16.8. The molecule has 0 bridgehead atoms. The zero-order valence-electron chi connectivity index (χ0n) is 19.7. The molecule has 0 aliphatic carbocycles. The molecular formula is C26H23ClN4O5. The Balaban J connectivity index is 1.58. The topological polar surface area (TPSA) is 123 Å². The van der Waals surface area contributed by atoms with Crippen molar-refractivity contribution in [3.8, 4) is 11.6 Å². The predicted molar refractivity (Wildman–Crippen MR) is 138 cm³/mol. The van der Waals surface area contributed by atoms with Crippen LogP contribution >= 0.6 is 11.6 Å². The lowest BCUT2D eigenvalue weighted by Crippen LogP contribution is -2.27. The van der Waals surface area contributed by atoms with Gasteiger partial charge in [0.1, 0.15) is 11.4 Å². The van der Waals surface area contributed by atoms with E-state index >= 15 is 0 Å². The van der Waals surface area contributed by atoms with Crippen molar-refractivity contribution in [1.29, 1.82) is 0 Å². The van der Waals surface area contributed by atoms with Crippen molar-refractivity contribution in [2.75, 3.05) is 10.6 Å². The van der Waals surface area contributed by atoms with Crippen molar-refractivity contribution in [1.82, 2.24) is 9.97 Å². The van der Waals surface area contributed by atoms with Gasteiger partial charge in [0.05, 0.1) is 11.3 Å². The number of carboxylic acid groups (broad SMARTS) is 1.